The Morgan fingerprint density at radius 1 is 1.13 bits per heavy atom. The molecule has 2 aromatic carbocycles. The van der Waals surface area contributed by atoms with Crippen LogP contribution in [0, 0.1) is 6.92 Å². The fourth-order valence-electron chi connectivity index (χ4n) is 3.39. The molecule has 0 spiro atoms. The second kappa shape index (κ2) is 8.73. The van der Waals surface area contributed by atoms with Gasteiger partial charge in [-0.1, -0.05) is 36.4 Å². The fourth-order valence-corrected chi connectivity index (χ4v) is 4.30. The summed E-state index contributed by atoms with van der Waals surface area (Å²) in [5.41, 5.74) is 2.63. The molecule has 7 heteroatoms. The number of aromatic nitrogens is 1. The molecule has 1 N–H and O–H groups in total. The van der Waals surface area contributed by atoms with Gasteiger partial charge in [0.1, 0.15) is 11.3 Å². The topological polar surface area (TPSA) is 75.4 Å². The highest BCUT2D eigenvalue weighted by Gasteiger charge is 2.25. The maximum Gasteiger partial charge on any atom is 0.274 e. The van der Waals surface area contributed by atoms with Crippen molar-refractivity contribution >= 4 is 34.1 Å². The van der Waals surface area contributed by atoms with Crippen LogP contribution in [0.4, 0.5) is 0 Å². The zero-order valence-electron chi connectivity index (χ0n) is 17.6. The summed E-state index contributed by atoms with van der Waals surface area (Å²) < 4.78 is 5.36. The lowest BCUT2D eigenvalue weighted by atomic mass is 10.1. The van der Waals surface area contributed by atoms with Gasteiger partial charge in [-0.3, -0.25) is 9.59 Å². The normalized spacial score (nSPS) is 12.0. The Bertz CT molecular complexity index is 1230. The number of hydrogen-bond donors (Lipinski definition) is 1. The van der Waals surface area contributed by atoms with Gasteiger partial charge in [-0.15, -0.1) is 11.3 Å². The molecule has 0 saturated heterocycles. The summed E-state index contributed by atoms with van der Waals surface area (Å²) in [7, 11) is 1.74. The van der Waals surface area contributed by atoms with Crippen molar-refractivity contribution in [2.75, 3.05) is 13.6 Å². The van der Waals surface area contributed by atoms with Gasteiger partial charge in [0.15, 0.2) is 0 Å². The smallest absolute Gasteiger partial charge is 0.274 e. The highest BCUT2D eigenvalue weighted by atomic mass is 32.1. The third kappa shape index (κ3) is 4.22. The number of carbonyl (C=O) groups excluding carboxylic acids is 2. The van der Waals surface area contributed by atoms with Crippen LogP contribution >= 0.6 is 11.3 Å². The number of carbonyl (C=O) groups is 2. The molecule has 0 aliphatic heterocycles. The van der Waals surface area contributed by atoms with Crippen molar-refractivity contribution in [2.24, 2.45) is 0 Å². The minimum Gasteiger partial charge on any atom is -0.464 e. The summed E-state index contributed by atoms with van der Waals surface area (Å²) in [6.45, 7) is 4.12. The average molecular weight is 434 g/mol. The van der Waals surface area contributed by atoms with E-state index >= 15 is 0 Å². The van der Waals surface area contributed by atoms with Gasteiger partial charge in [0.2, 0.25) is 0 Å². The minimum absolute atomic E-state index is 0.165. The van der Waals surface area contributed by atoms with E-state index in [1.807, 2.05) is 50.2 Å². The molecule has 2 amide bonds. The van der Waals surface area contributed by atoms with Gasteiger partial charge in [-0.05, 0) is 37.6 Å². The van der Waals surface area contributed by atoms with Crippen LogP contribution in [-0.2, 0) is 0 Å². The number of furan rings is 1. The van der Waals surface area contributed by atoms with Crippen LogP contribution in [-0.4, -0.2) is 41.3 Å². The van der Waals surface area contributed by atoms with E-state index in [2.05, 4.69) is 10.3 Å². The van der Waals surface area contributed by atoms with Crippen LogP contribution < -0.4 is 5.32 Å². The number of rotatable bonds is 6. The van der Waals surface area contributed by atoms with Crippen LogP contribution in [0.3, 0.4) is 0 Å². The van der Waals surface area contributed by atoms with E-state index in [0.717, 1.165) is 20.8 Å². The van der Waals surface area contributed by atoms with Gasteiger partial charge >= 0.3 is 0 Å². The Balaban J connectivity index is 1.46. The maximum absolute atomic E-state index is 13.2. The predicted molar refractivity (Wildman–Crippen MR) is 122 cm³/mol. The molecule has 4 rings (SSSR count). The minimum atomic E-state index is -0.217. The van der Waals surface area contributed by atoms with Crippen molar-refractivity contribution in [1.29, 1.82) is 0 Å². The third-order valence-electron chi connectivity index (χ3n) is 5.25. The van der Waals surface area contributed by atoms with Crippen LogP contribution in [0.5, 0.6) is 0 Å². The van der Waals surface area contributed by atoms with Crippen LogP contribution in [0.2, 0.25) is 0 Å². The van der Waals surface area contributed by atoms with Crippen molar-refractivity contribution in [3.63, 3.8) is 0 Å². The number of amides is 2. The molecule has 1 unspecified atom stereocenters. The molecule has 158 valence electrons. The lowest BCUT2D eigenvalue weighted by molar-refractivity contribution is 0.0727. The molecule has 0 aliphatic rings. The van der Waals surface area contributed by atoms with E-state index in [0.29, 0.717) is 23.4 Å². The molecule has 31 heavy (non-hydrogen) atoms. The van der Waals surface area contributed by atoms with Gasteiger partial charge in [0.25, 0.3) is 11.8 Å². The number of nitrogens with one attached hydrogen (secondary N) is 1. The fraction of sp³-hybridized carbons (Fsp3) is 0.208. The lowest BCUT2D eigenvalue weighted by Gasteiger charge is -2.25. The van der Waals surface area contributed by atoms with E-state index in [1.165, 1.54) is 11.3 Å². The van der Waals surface area contributed by atoms with E-state index in [1.54, 1.807) is 36.4 Å². The van der Waals surface area contributed by atoms with E-state index < -0.39 is 0 Å². The summed E-state index contributed by atoms with van der Waals surface area (Å²) in [4.78, 5) is 32.9. The first-order valence-electron chi connectivity index (χ1n) is 10.00. The lowest BCUT2D eigenvalue weighted by Crippen LogP contribution is -2.43. The molecule has 0 aliphatic carbocycles. The molecule has 6 nitrogen and oxygen atoms in total. The summed E-state index contributed by atoms with van der Waals surface area (Å²) >= 11 is 1.51. The predicted octanol–water partition coefficient (Wildman–Crippen LogP) is 4.76. The molecular weight excluding hydrogens is 410 g/mol. The first-order valence-corrected chi connectivity index (χ1v) is 10.8. The molecule has 2 aromatic heterocycles. The van der Waals surface area contributed by atoms with Crippen LogP contribution in [0.25, 0.3) is 21.4 Å². The summed E-state index contributed by atoms with van der Waals surface area (Å²) in [5, 5.41) is 4.53. The molecule has 0 bridgehead atoms. The molecule has 0 fully saturated rings. The maximum atomic E-state index is 13.2. The first-order chi connectivity index (χ1) is 15.0. The Morgan fingerprint density at radius 2 is 1.90 bits per heavy atom. The van der Waals surface area contributed by atoms with Crippen molar-refractivity contribution in [1.82, 2.24) is 15.2 Å². The number of likely N-dealkylation sites (N-methyl/N-ethyl adjacent to an activating group) is 1. The molecule has 0 saturated carbocycles. The Kier molecular flexibility index (Phi) is 5.86. The highest BCUT2D eigenvalue weighted by molar-refractivity contribution is 7.15. The highest BCUT2D eigenvalue weighted by Crippen LogP contribution is 2.31. The zero-order valence-corrected chi connectivity index (χ0v) is 18.4. The quantitative estimate of drug-likeness (QED) is 0.476. The summed E-state index contributed by atoms with van der Waals surface area (Å²) in [6, 6.07) is 16.7. The molecular formula is C24H23N3O3S. The second-order valence-electron chi connectivity index (χ2n) is 7.39. The summed E-state index contributed by atoms with van der Waals surface area (Å²) in [5.74, 6) is -0.365. The monoisotopic (exact) mass is 433 g/mol. The Morgan fingerprint density at radius 3 is 2.68 bits per heavy atom. The Labute approximate surface area is 184 Å². The van der Waals surface area contributed by atoms with Gasteiger partial charge in [0.05, 0.1) is 21.7 Å². The largest absolute Gasteiger partial charge is 0.464 e. The van der Waals surface area contributed by atoms with Crippen LogP contribution in [0.15, 0.2) is 65.3 Å². The molecule has 0 radical (unpaired) electrons. The van der Waals surface area contributed by atoms with Crippen LogP contribution in [0.1, 0.15) is 32.8 Å². The van der Waals surface area contributed by atoms with Crippen molar-refractivity contribution in [3.05, 3.63) is 77.1 Å². The number of nitrogens with zero attached hydrogens (tertiary/aromatic N) is 2. The number of hydrogen-bond acceptors (Lipinski definition) is 5. The number of fused-ring (bicyclic) bond motifs is 1. The molecule has 4 aromatic rings. The number of aryl methyl sites for hydroxylation is 1. The van der Waals surface area contributed by atoms with Gasteiger partial charge in [-0.25, -0.2) is 4.98 Å². The van der Waals surface area contributed by atoms with Gasteiger partial charge < -0.3 is 14.6 Å². The average Bonchev–Trinajstić information content (AvgIpc) is 3.43. The zero-order chi connectivity index (χ0) is 22.0. The van der Waals surface area contributed by atoms with E-state index in [-0.39, 0.29) is 17.9 Å². The number of benzene rings is 2. The second-order valence-corrected chi connectivity index (χ2v) is 8.59. The Hall–Kier alpha value is -3.45. The van der Waals surface area contributed by atoms with Crippen molar-refractivity contribution < 1.29 is 14.0 Å². The van der Waals surface area contributed by atoms with Crippen molar-refractivity contribution in [2.45, 2.75) is 19.9 Å². The third-order valence-corrected chi connectivity index (χ3v) is 6.27. The number of thiazole rings is 1. The van der Waals surface area contributed by atoms with Gasteiger partial charge in [-0.2, -0.15) is 0 Å². The summed E-state index contributed by atoms with van der Waals surface area (Å²) in [6.07, 6.45) is 1.57. The SMILES string of the molecule is Cc1nc(C(=O)N(C)C(C)CNC(=O)c2cccc3occc23)c(-c2ccccc2)s1. The van der Waals surface area contributed by atoms with Crippen molar-refractivity contribution in [3.8, 4) is 10.4 Å². The van der Waals surface area contributed by atoms with Gasteiger partial charge in [0, 0.05) is 25.0 Å². The van der Waals surface area contributed by atoms with E-state index in [9.17, 15) is 9.59 Å². The molecule has 1 atom stereocenters. The standard InChI is InChI=1S/C24H23N3O3S/c1-15(14-25-23(28)19-10-7-11-20-18(19)12-13-30-20)27(3)24(29)21-22(31-16(2)26-21)17-8-5-4-6-9-17/h4-13,15H,14H2,1-3H3,(H,25,28). The molecule has 2 heterocycles. The van der Waals surface area contributed by atoms with E-state index in [4.69, 9.17) is 4.42 Å². The first kappa shape index (κ1) is 20.8.